The number of hydrogen-bond acceptors (Lipinski definition) is 4. The zero-order valence-corrected chi connectivity index (χ0v) is 15.7. The third-order valence-corrected chi connectivity index (χ3v) is 5.74. The Labute approximate surface area is 156 Å². The highest BCUT2D eigenvalue weighted by Crippen LogP contribution is 2.43. The number of hydrogen-bond donors (Lipinski definition) is 1. The van der Waals surface area contributed by atoms with E-state index < -0.39 is 0 Å². The molecule has 1 aromatic carbocycles. The summed E-state index contributed by atoms with van der Waals surface area (Å²) < 4.78 is 5.82. The molecule has 2 aromatic rings. The molecule has 1 aliphatic heterocycles. The van der Waals surface area contributed by atoms with Gasteiger partial charge in [-0.25, -0.2) is 4.98 Å². The Bertz CT molecular complexity index is 872. The number of halogens is 1. The lowest BCUT2D eigenvalue weighted by molar-refractivity contribution is -0.129. The number of fused-ring (bicyclic) bond motifs is 1. The first-order chi connectivity index (χ1) is 12.3. The van der Waals surface area contributed by atoms with E-state index in [9.17, 15) is 9.59 Å². The van der Waals surface area contributed by atoms with E-state index in [0.29, 0.717) is 23.9 Å². The topological polar surface area (TPSA) is 75.4 Å². The first-order valence-corrected chi connectivity index (χ1v) is 9.28. The van der Waals surface area contributed by atoms with E-state index in [0.717, 1.165) is 30.4 Å². The lowest BCUT2D eigenvalue weighted by Crippen LogP contribution is -2.52. The fourth-order valence-electron chi connectivity index (χ4n) is 4.12. The second-order valence-electron chi connectivity index (χ2n) is 8.00. The molecule has 6 nitrogen and oxygen atoms in total. The highest BCUT2D eigenvalue weighted by Gasteiger charge is 2.43. The normalized spacial score (nSPS) is 28.4. The minimum Gasteiger partial charge on any atom is -0.441 e. The first-order valence-electron chi connectivity index (χ1n) is 8.91. The molecule has 2 aliphatic rings. The minimum atomic E-state index is -0.221. The molecule has 1 saturated carbocycles. The lowest BCUT2D eigenvalue weighted by atomic mass is 9.65. The number of nitrogens with one attached hydrogen (secondary N) is 1. The van der Waals surface area contributed by atoms with Crippen LogP contribution in [-0.4, -0.2) is 41.3 Å². The molecule has 26 heavy (non-hydrogen) atoms. The summed E-state index contributed by atoms with van der Waals surface area (Å²) in [6.07, 6.45) is 2.82. The summed E-state index contributed by atoms with van der Waals surface area (Å²) in [5, 5.41) is 3.73. The van der Waals surface area contributed by atoms with E-state index in [-0.39, 0.29) is 29.2 Å². The molecule has 2 heterocycles. The van der Waals surface area contributed by atoms with Crippen molar-refractivity contribution < 1.29 is 14.0 Å². The van der Waals surface area contributed by atoms with Crippen molar-refractivity contribution in [1.82, 2.24) is 15.2 Å². The smallest absolute Gasteiger partial charge is 0.225 e. The van der Waals surface area contributed by atoms with Crippen LogP contribution >= 0.6 is 11.6 Å². The first kappa shape index (κ1) is 17.3. The summed E-state index contributed by atoms with van der Waals surface area (Å²) in [5.41, 5.74) is 1.58. The van der Waals surface area contributed by atoms with E-state index in [2.05, 4.69) is 17.2 Å². The van der Waals surface area contributed by atoms with Crippen molar-refractivity contribution in [2.75, 3.05) is 13.6 Å². The highest BCUT2D eigenvalue weighted by molar-refractivity contribution is 6.31. The van der Waals surface area contributed by atoms with Gasteiger partial charge in [-0.05, 0) is 36.5 Å². The van der Waals surface area contributed by atoms with E-state index in [4.69, 9.17) is 16.0 Å². The van der Waals surface area contributed by atoms with Crippen molar-refractivity contribution in [3.8, 4) is 0 Å². The van der Waals surface area contributed by atoms with Gasteiger partial charge in [-0.1, -0.05) is 18.5 Å². The Morgan fingerprint density at radius 3 is 2.92 bits per heavy atom. The fraction of sp³-hybridized carbons (Fsp3) is 0.526. The zero-order valence-electron chi connectivity index (χ0n) is 14.9. The summed E-state index contributed by atoms with van der Waals surface area (Å²) in [4.78, 5) is 30.0. The minimum absolute atomic E-state index is 0.00810. The molecular formula is C19H22ClN3O3. The number of benzene rings is 1. The van der Waals surface area contributed by atoms with Crippen LogP contribution in [0.2, 0.25) is 5.02 Å². The molecule has 0 unspecified atom stereocenters. The van der Waals surface area contributed by atoms with Crippen LogP contribution < -0.4 is 5.32 Å². The number of carbonyl (C=O) groups is 2. The molecule has 7 heteroatoms. The van der Waals surface area contributed by atoms with Crippen LogP contribution in [0.3, 0.4) is 0 Å². The maximum absolute atomic E-state index is 12.3. The SMILES string of the molecule is CN1C[C@@H](C(=O)NC2CC(C)(Cc3nc4cc(Cl)ccc4o3)C2)CC1=O. The van der Waals surface area contributed by atoms with Crippen LogP contribution in [0.1, 0.15) is 32.1 Å². The van der Waals surface area contributed by atoms with Crippen LogP contribution in [-0.2, 0) is 16.0 Å². The molecule has 2 amide bonds. The molecule has 0 spiro atoms. The maximum Gasteiger partial charge on any atom is 0.225 e. The van der Waals surface area contributed by atoms with Gasteiger partial charge in [0.1, 0.15) is 5.52 Å². The molecular weight excluding hydrogens is 354 g/mol. The van der Waals surface area contributed by atoms with Crippen molar-refractivity contribution in [2.24, 2.45) is 11.3 Å². The van der Waals surface area contributed by atoms with Gasteiger partial charge in [-0.3, -0.25) is 9.59 Å². The predicted molar refractivity (Wildman–Crippen MR) is 97.7 cm³/mol. The van der Waals surface area contributed by atoms with Crippen LogP contribution in [0.4, 0.5) is 0 Å². The maximum atomic E-state index is 12.3. The van der Waals surface area contributed by atoms with Gasteiger partial charge in [-0.15, -0.1) is 0 Å². The number of amides is 2. The number of oxazole rings is 1. The van der Waals surface area contributed by atoms with Crippen molar-refractivity contribution in [1.29, 1.82) is 0 Å². The second-order valence-corrected chi connectivity index (χ2v) is 8.43. The van der Waals surface area contributed by atoms with Gasteiger partial charge in [0.2, 0.25) is 11.8 Å². The highest BCUT2D eigenvalue weighted by atomic mass is 35.5. The summed E-state index contributed by atoms with van der Waals surface area (Å²) in [6, 6.07) is 5.59. The molecule has 0 bridgehead atoms. The summed E-state index contributed by atoms with van der Waals surface area (Å²) >= 11 is 5.99. The van der Waals surface area contributed by atoms with Crippen LogP contribution in [0, 0.1) is 11.3 Å². The molecule has 1 aromatic heterocycles. The summed E-state index contributed by atoms with van der Waals surface area (Å²) in [6.45, 7) is 2.70. The Morgan fingerprint density at radius 1 is 1.46 bits per heavy atom. The van der Waals surface area contributed by atoms with E-state index in [1.54, 1.807) is 24.1 Å². The Balaban J connectivity index is 1.32. The third-order valence-electron chi connectivity index (χ3n) is 5.51. The monoisotopic (exact) mass is 375 g/mol. The fourth-order valence-corrected chi connectivity index (χ4v) is 4.29. The molecule has 2 fully saturated rings. The van der Waals surface area contributed by atoms with Gasteiger partial charge in [0.25, 0.3) is 0 Å². The standard InChI is InChI=1S/C19H22ClN3O3/c1-19(9-16-22-14-6-12(20)3-4-15(14)26-16)7-13(8-19)21-18(25)11-5-17(24)23(2)10-11/h3-4,6,11,13H,5,7-10H2,1-2H3,(H,21,25)/t11-,13?,19?/m0/s1. The Morgan fingerprint density at radius 2 is 2.23 bits per heavy atom. The van der Waals surface area contributed by atoms with Crippen molar-refractivity contribution in [3.05, 3.63) is 29.1 Å². The van der Waals surface area contributed by atoms with Crippen LogP contribution in [0.25, 0.3) is 11.1 Å². The van der Waals surface area contributed by atoms with E-state index >= 15 is 0 Å². The van der Waals surface area contributed by atoms with Crippen LogP contribution in [0.5, 0.6) is 0 Å². The summed E-state index contributed by atoms with van der Waals surface area (Å²) in [7, 11) is 1.74. The molecule has 1 N–H and O–H groups in total. The number of aromatic nitrogens is 1. The van der Waals surface area contributed by atoms with Gasteiger partial charge < -0.3 is 14.6 Å². The Hall–Kier alpha value is -2.08. The average molecular weight is 376 g/mol. The van der Waals surface area contributed by atoms with Crippen LogP contribution in [0.15, 0.2) is 22.6 Å². The lowest BCUT2D eigenvalue weighted by Gasteiger charge is -2.45. The quantitative estimate of drug-likeness (QED) is 0.891. The van der Waals surface area contributed by atoms with Crippen molar-refractivity contribution in [3.63, 3.8) is 0 Å². The predicted octanol–water partition coefficient (Wildman–Crippen LogP) is 2.79. The molecule has 1 saturated heterocycles. The molecule has 138 valence electrons. The van der Waals surface area contributed by atoms with Gasteiger partial charge in [-0.2, -0.15) is 0 Å². The van der Waals surface area contributed by atoms with Crippen molar-refractivity contribution in [2.45, 2.75) is 38.6 Å². The van der Waals surface area contributed by atoms with Gasteiger partial charge in [0.05, 0.1) is 5.92 Å². The molecule has 0 radical (unpaired) electrons. The van der Waals surface area contributed by atoms with E-state index in [1.165, 1.54) is 0 Å². The third kappa shape index (κ3) is 3.30. The molecule has 1 aliphatic carbocycles. The largest absolute Gasteiger partial charge is 0.441 e. The molecule has 1 atom stereocenters. The number of likely N-dealkylation sites (tertiary alicyclic amines) is 1. The summed E-state index contributed by atoms with van der Waals surface area (Å²) in [5.74, 6) is 0.518. The zero-order chi connectivity index (χ0) is 18.5. The number of carbonyl (C=O) groups excluding carboxylic acids is 2. The number of nitrogens with zero attached hydrogens (tertiary/aromatic N) is 2. The van der Waals surface area contributed by atoms with E-state index in [1.807, 2.05) is 6.07 Å². The second kappa shape index (κ2) is 6.27. The number of rotatable bonds is 4. The average Bonchev–Trinajstić information content (AvgIpc) is 3.08. The van der Waals surface area contributed by atoms with Gasteiger partial charge in [0.15, 0.2) is 11.5 Å². The van der Waals surface area contributed by atoms with Gasteiger partial charge in [0, 0.05) is 37.5 Å². The molecule has 4 rings (SSSR count). The Kier molecular flexibility index (Phi) is 4.18. The van der Waals surface area contributed by atoms with Gasteiger partial charge >= 0.3 is 0 Å². The van der Waals surface area contributed by atoms with Crippen molar-refractivity contribution >= 4 is 34.5 Å².